The molecule has 0 radical (unpaired) electrons. The fourth-order valence-electron chi connectivity index (χ4n) is 1.38. The normalized spacial score (nSPS) is 10.1. The van der Waals surface area contributed by atoms with Gasteiger partial charge >= 0.3 is 17.2 Å². The van der Waals surface area contributed by atoms with Gasteiger partial charge in [0.2, 0.25) is 0 Å². The molecule has 0 spiro atoms. The van der Waals surface area contributed by atoms with E-state index in [9.17, 15) is 19.7 Å². The number of methoxy groups -OCH3 is 1. The first-order valence-electron chi connectivity index (χ1n) is 5.07. The quantitative estimate of drug-likeness (QED) is 0.459. The standard InChI is InChI=1S/C10H11ClN2O5/c1-18-9(14)3-2-4-12-6-7(11)5-8(10(12)15)13(16)17/h5-6H,2-4H2,1H3. The summed E-state index contributed by atoms with van der Waals surface area (Å²) >= 11 is 5.68. The van der Waals surface area contributed by atoms with Gasteiger partial charge in [0.05, 0.1) is 17.1 Å². The predicted octanol–water partition coefficient (Wildman–Crippen LogP) is 1.36. The number of carbonyl (C=O) groups is 1. The van der Waals surface area contributed by atoms with Crippen LogP contribution in [-0.2, 0) is 16.1 Å². The van der Waals surface area contributed by atoms with Gasteiger partial charge in [-0.15, -0.1) is 0 Å². The van der Waals surface area contributed by atoms with E-state index in [2.05, 4.69) is 4.74 Å². The monoisotopic (exact) mass is 274 g/mol. The zero-order chi connectivity index (χ0) is 13.7. The van der Waals surface area contributed by atoms with Crippen LogP contribution in [0.1, 0.15) is 12.8 Å². The maximum atomic E-state index is 11.7. The molecular weight excluding hydrogens is 264 g/mol. The lowest BCUT2D eigenvalue weighted by Crippen LogP contribution is -2.22. The minimum absolute atomic E-state index is 0.0966. The Balaban J connectivity index is 2.86. The van der Waals surface area contributed by atoms with Crippen molar-refractivity contribution in [2.75, 3.05) is 7.11 Å². The van der Waals surface area contributed by atoms with Crippen molar-refractivity contribution in [3.8, 4) is 0 Å². The zero-order valence-corrected chi connectivity index (χ0v) is 10.3. The number of rotatable bonds is 5. The van der Waals surface area contributed by atoms with Gasteiger partial charge < -0.3 is 9.30 Å². The topological polar surface area (TPSA) is 91.4 Å². The Morgan fingerprint density at radius 3 is 2.83 bits per heavy atom. The fourth-order valence-corrected chi connectivity index (χ4v) is 1.60. The number of hydrogen-bond donors (Lipinski definition) is 0. The number of esters is 1. The maximum absolute atomic E-state index is 11.7. The Labute approximate surface area is 107 Å². The van der Waals surface area contributed by atoms with Crippen molar-refractivity contribution >= 4 is 23.3 Å². The van der Waals surface area contributed by atoms with Gasteiger partial charge in [0.15, 0.2) is 0 Å². The van der Waals surface area contributed by atoms with Crippen LogP contribution in [0.5, 0.6) is 0 Å². The summed E-state index contributed by atoms with van der Waals surface area (Å²) < 4.78 is 5.56. The van der Waals surface area contributed by atoms with E-state index in [0.29, 0.717) is 6.42 Å². The summed E-state index contributed by atoms with van der Waals surface area (Å²) in [6.45, 7) is 0.162. The van der Waals surface area contributed by atoms with Gasteiger partial charge in [0, 0.05) is 25.2 Å². The van der Waals surface area contributed by atoms with E-state index in [1.807, 2.05) is 0 Å². The number of ether oxygens (including phenoxy) is 1. The lowest BCUT2D eigenvalue weighted by molar-refractivity contribution is -0.386. The smallest absolute Gasteiger partial charge is 0.335 e. The van der Waals surface area contributed by atoms with E-state index in [-0.39, 0.29) is 18.0 Å². The molecule has 1 aromatic heterocycles. The number of hydrogen-bond acceptors (Lipinski definition) is 5. The van der Waals surface area contributed by atoms with Crippen LogP contribution in [0.4, 0.5) is 5.69 Å². The molecule has 1 heterocycles. The molecule has 0 aliphatic rings. The first kappa shape index (κ1) is 14.2. The molecule has 0 aliphatic carbocycles. The molecule has 8 heteroatoms. The van der Waals surface area contributed by atoms with E-state index < -0.39 is 22.1 Å². The van der Waals surface area contributed by atoms with Gasteiger partial charge in [0.1, 0.15) is 0 Å². The largest absolute Gasteiger partial charge is 0.469 e. The summed E-state index contributed by atoms with van der Waals surface area (Å²) in [5.41, 5.74) is -1.32. The summed E-state index contributed by atoms with van der Waals surface area (Å²) in [7, 11) is 1.26. The maximum Gasteiger partial charge on any atom is 0.335 e. The number of aromatic nitrogens is 1. The number of halogens is 1. The lowest BCUT2D eigenvalue weighted by Gasteiger charge is -2.05. The molecule has 0 amide bonds. The first-order valence-corrected chi connectivity index (χ1v) is 5.44. The zero-order valence-electron chi connectivity index (χ0n) is 9.59. The van der Waals surface area contributed by atoms with Crippen molar-refractivity contribution in [1.82, 2.24) is 4.57 Å². The number of nitrogens with zero attached hydrogens (tertiary/aromatic N) is 2. The number of carbonyl (C=O) groups excluding carboxylic acids is 1. The highest BCUT2D eigenvalue weighted by atomic mass is 35.5. The van der Waals surface area contributed by atoms with Crippen molar-refractivity contribution in [1.29, 1.82) is 0 Å². The minimum atomic E-state index is -0.787. The van der Waals surface area contributed by atoms with Crippen LogP contribution in [0.15, 0.2) is 17.1 Å². The molecule has 1 rings (SSSR count). The van der Waals surface area contributed by atoms with Crippen molar-refractivity contribution in [3.05, 3.63) is 37.8 Å². The molecule has 0 atom stereocenters. The minimum Gasteiger partial charge on any atom is -0.469 e. The third-order valence-corrected chi connectivity index (χ3v) is 2.44. The highest BCUT2D eigenvalue weighted by molar-refractivity contribution is 6.30. The van der Waals surface area contributed by atoms with E-state index in [4.69, 9.17) is 11.6 Å². The van der Waals surface area contributed by atoms with Gasteiger partial charge in [0.25, 0.3) is 0 Å². The number of aryl methyl sites for hydroxylation is 1. The van der Waals surface area contributed by atoms with Crippen LogP contribution < -0.4 is 5.56 Å². The second-order valence-electron chi connectivity index (χ2n) is 3.48. The van der Waals surface area contributed by atoms with Gasteiger partial charge in [-0.2, -0.15) is 0 Å². The molecule has 0 saturated heterocycles. The molecule has 0 aromatic carbocycles. The Kier molecular flexibility index (Phi) is 4.85. The molecule has 0 bridgehead atoms. The Bertz CT molecular complexity index is 525. The summed E-state index contributed by atoms with van der Waals surface area (Å²) in [5, 5.41) is 10.7. The van der Waals surface area contributed by atoms with Crippen LogP contribution >= 0.6 is 11.6 Å². The second kappa shape index (κ2) is 6.15. The first-order chi connectivity index (χ1) is 8.45. The average molecular weight is 275 g/mol. The van der Waals surface area contributed by atoms with Crippen molar-refractivity contribution in [2.24, 2.45) is 0 Å². The highest BCUT2D eigenvalue weighted by Crippen LogP contribution is 2.13. The molecule has 0 unspecified atom stereocenters. The van der Waals surface area contributed by atoms with E-state index in [0.717, 1.165) is 10.6 Å². The lowest BCUT2D eigenvalue weighted by atomic mass is 10.3. The molecule has 18 heavy (non-hydrogen) atoms. The van der Waals surface area contributed by atoms with Gasteiger partial charge in [-0.1, -0.05) is 11.6 Å². The van der Waals surface area contributed by atoms with Crippen LogP contribution in [-0.4, -0.2) is 22.6 Å². The average Bonchev–Trinajstić information content (AvgIpc) is 2.32. The fraction of sp³-hybridized carbons (Fsp3) is 0.400. The molecule has 0 fully saturated rings. The predicted molar refractivity (Wildman–Crippen MR) is 63.6 cm³/mol. The summed E-state index contributed by atoms with van der Waals surface area (Å²) in [4.78, 5) is 32.4. The third kappa shape index (κ3) is 3.56. The van der Waals surface area contributed by atoms with Crippen molar-refractivity contribution in [2.45, 2.75) is 19.4 Å². The van der Waals surface area contributed by atoms with Crippen LogP contribution in [0, 0.1) is 10.1 Å². The SMILES string of the molecule is COC(=O)CCCn1cc(Cl)cc([N+](=O)[O-])c1=O. The van der Waals surface area contributed by atoms with Gasteiger partial charge in [-0.3, -0.25) is 19.7 Å². The third-order valence-electron chi connectivity index (χ3n) is 2.24. The molecule has 7 nitrogen and oxygen atoms in total. The molecular formula is C10H11ClN2O5. The van der Waals surface area contributed by atoms with Crippen molar-refractivity contribution < 1.29 is 14.5 Å². The van der Waals surface area contributed by atoms with Crippen LogP contribution in [0.25, 0.3) is 0 Å². The summed E-state index contributed by atoms with van der Waals surface area (Å²) in [5.74, 6) is -0.403. The summed E-state index contributed by atoms with van der Waals surface area (Å²) in [6.07, 6.45) is 1.77. The van der Waals surface area contributed by atoms with E-state index in [1.54, 1.807) is 0 Å². The summed E-state index contributed by atoms with van der Waals surface area (Å²) in [6, 6.07) is 1.00. The van der Waals surface area contributed by atoms with Crippen LogP contribution in [0.3, 0.4) is 0 Å². The second-order valence-corrected chi connectivity index (χ2v) is 3.92. The van der Waals surface area contributed by atoms with Gasteiger partial charge in [-0.05, 0) is 6.42 Å². The van der Waals surface area contributed by atoms with Gasteiger partial charge in [-0.25, -0.2) is 0 Å². The number of nitro groups is 1. The van der Waals surface area contributed by atoms with Crippen molar-refractivity contribution in [3.63, 3.8) is 0 Å². The molecule has 0 aliphatic heterocycles. The van der Waals surface area contributed by atoms with Crippen LogP contribution in [0.2, 0.25) is 5.02 Å². The molecule has 98 valence electrons. The Morgan fingerprint density at radius 2 is 2.28 bits per heavy atom. The molecule has 1 aromatic rings. The Morgan fingerprint density at radius 1 is 1.61 bits per heavy atom. The molecule has 0 saturated carbocycles. The van der Waals surface area contributed by atoms with E-state index in [1.165, 1.54) is 13.3 Å². The Hall–Kier alpha value is -1.89. The number of pyridine rings is 1. The molecule has 0 N–H and O–H groups in total. The van der Waals surface area contributed by atoms with E-state index >= 15 is 0 Å². The highest BCUT2D eigenvalue weighted by Gasteiger charge is 2.16.